The molecule has 0 radical (unpaired) electrons. The fourth-order valence-corrected chi connectivity index (χ4v) is 11.2. The summed E-state index contributed by atoms with van der Waals surface area (Å²) in [5, 5.41) is 21.9. The van der Waals surface area contributed by atoms with Crippen molar-refractivity contribution in [2.75, 3.05) is 38.3 Å². The molecule has 1 aliphatic heterocycles. The molecular weight excluding hydrogens is 656 g/mol. The van der Waals surface area contributed by atoms with Gasteiger partial charge < -0.3 is 29.7 Å². The first kappa shape index (κ1) is 38.8. The average Bonchev–Trinajstić information content (AvgIpc) is 3.56. The predicted molar refractivity (Wildman–Crippen MR) is 193 cm³/mol. The first-order valence-corrected chi connectivity index (χ1v) is 19.8. The topological polar surface area (TPSA) is 115 Å². The summed E-state index contributed by atoms with van der Waals surface area (Å²) >= 11 is 0. The van der Waals surface area contributed by atoms with Crippen LogP contribution in [-0.2, 0) is 14.2 Å². The number of rotatable bonds is 15. The number of hydrogen-bond acceptors (Lipinski definition) is 8. The second kappa shape index (κ2) is 15.8. The average molecular weight is 720 g/mol. The minimum Gasteiger partial charge on any atom is -0.394 e. The molecule has 4 fully saturated rings. The highest BCUT2D eigenvalue weighted by molar-refractivity contribution is 5.32. The van der Waals surface area contributed by atoms with Crippen molar-refractivity contribution in [2.45, 2.75) is 136 Å². The van der Waals surface area contributed by atoms with Crippen molar-refractivity contribution in [1.82, 2.24) is 9.55 Å². The fourth-order valence-electron chi connectivity index (χ4n) is 11.2. The van der Waals surface area contributed by atoms with E-state index in [4.69, 9.17) is 14.2 Å². The van der Waals surface area contributed by atoms with E-state index in [2.05, 4.69) is 51.0 Å². The minimum absolute atomic E-state index is 0.215. The van der Waals surface area contributed by atoms with E-state index in [9.17, 15) is 23.8 Å². The maximum absolute atomic E-state index is 14.4. The first-order chi connectivity index (χ1) is 24.3. The van der Waals surface area contributed by atoms with E-state index in [1.54, 1.807) is 5.57 Å². The number of aliphatic hydroxyl groups excluding tert-OH is 2. The maximum atomic E-state index is 14.4. The summed E-state index contributed by atoms with van der Waals surface area (Å²) in [5.41, 5.74) is 1.49. The van der Waals surface area contributed by atoms with Crippen LogP contribution in [0, 0.1) is 46.3 Å². The summed E-state index contributed by atoms with van der Waals surface area (Å²) in [6.07, 6.45) is 12.5. The van der Waals surface area contributed by atoms with Crippen molar-refractivity contribution in [3.05, 3.63) is 34.4 Å². The third-order valence-electron chi connectivity index (χ3n) is 14.0. The van der Waals surface area contributed by atoms with Gasteiger partial charge >= 0.3 is 11.6 Å². The van der Waals surface area contributed by atoms with E-state index >= 15 is 0 Å². The van der Waals surface area contributed by atoms with E-state index in [-0.39, 0.29) is 11.9 Å². The number of alkyl halides is 2. The molecule has 9 nitrogen and oxygen atoms in total. The zero-order chi connectivity index (χ0) is 36.6. The molecule has 0 bridgehead atoms. The van der Waals surface area contributed by atoms with Crippen LogP contribution in [0.5, 0.6) is 0 Å². The summed E-state index contributed by atoms with van der Waals surface area (Å²) in [6.45, 7) is 13.4. The molecule has 6 unspecified atom stereocenters. The van der Waals surface area contributed by atoms with Gasteiger partial charge in [0.2, 0.25) is 6.23 Å². The SMILES string of the molecule is CC(C)CCC[C@@H](C)[C@H]1CCC2C3CC=C4C[C@@H](OCCOCCNc5ccn(C6OC(CO)C(O)C6(F)F)c(=O)n5)CC[C@]4(C)C3CC[C@@]21C. The lowest BCUT2D eigenvalue weighted by molar-refractivity contribution is -0.140. The van der Waals surface area contributed by atoms with Gasteiger partial charge in [-0.05, 0) is 104 Å². The number of aliphatic hydroxyl groups is 2. The molecule has 288 valence electrons. The Morgan fingerprint density at radius 1 is 1.08 bits per heavy atom. The molecule has 0 amide bonds. The Morgan fingerprint density at radius 2 is 1.88 bits per heavy atom. The standard InChI is InChI=1S/C40H63F2N3O6/c1-25(2)7-6-8-26(3)30-11-12-31-29-10-9-27-23-28(13-16-38(27,4)32(29)14-17-39(30,31)5)50-22-21-49-20-18-43-34-15-19-45(37(48)44-34)36-40(41,42)35(47)33(24-46)51-36/h9,15,19,25-26,28-33,35-36,46-47H,6-8,10-14,16-18,20-24H2,1-5H3,(H,43,44,48)/t26-,28+,29?,30-,31?,32?,33?,35?,36?,38+,39-/m1/s1. The van der Waals surface area contributed by atoms with E-state index < -0.39 is 36.7 Å². The smallest absolute Gasteiger partial charge is 0.351 e. The molecule has 51 heavy (non-hydrogen) atoms. The van der Waals surface area contributed by atoms with Gasteiger partial charge in [-0.25, -0.2) is 4.79 Å². The van der Waals surface area contributed by atoms with Gasteiger partial charge in [-0.3, -0.25) is 4.57 Å². The van der Waals surface area contributed by atoms with Crippen LogP contribution in [0.25, 0.3) is 0 Å². The monoisotopic (exact) mass is 719 g/mol. The number of nitrogens with one attached hydrogen (secondary N) is 1. The van der Waals surface area contributed by atoms with E-state index in [1.807, 2.05) is 0 Å². The summed E-state index contributed by atoms with van der Waals surface area (Å²) in [4.78, 5) is 16.3. The number of nitrogens with zero attached hydrogens (tertiary/aromatic N) is 2. The molecule has 11 heteroatoms. The van der Waals surface area contributed by atoms with Crippen LogP contribution >= 0.6 is 0 Å². The fraction of sp³-hybridized carbons (Fsp3) is 0.850. The van der Waals surface area contributed by atoms with Crippen molar-refractivity contribution >= 4 is 5.82 Å². The van der Waals surface area contributed by atoms with Gasteiger partial charge in [0.1, 0.15) is 11.9 Å². The molecule has 0 spiro atoms. The number of ether oxygens (including phenoxy) is 3. The van der Waals surface area contributed by atoms with E-state index in [0.29, 0.717) is 41.8 Å². The Morgan fingerprint density at radius 3 is 2.61 bits per heavy atom. The highest BCUT2D eigenvalue weighted by Gasteiger charge is 2.60. The van der Waals surface area contributed by atoms with Crippen LogP contribution in [-0.4, -0.2) is 77.0 Å². The Bertz CT molecular complexity index is 1420. The van der Waals surface area contributed by atoms with Crippen LogP contribution in [0.15, 0.2) is 28.7 Å². The van der Waals surface area contributed by atoms with Crippen molar-refractivity contribution in [2.24, 2.45) is 46.3 Å². The van der Waals surface area contributed by atoms with E-state index in [1.165, 1.54) is 63.9 Å². The van der Waals surface area contributed by atoms with Crippen molar-refractivity contribution in [3.8, 4) is 0 Å². The third-order valence-corrected chi connectivity index (χ3v) is 14.0. The molecule has 6 rings (SSSR count). The molecule has 3 N–H and O–H groups in total. The van der Waals surface area contributed by atoms with Gasteiger partial charge in [0.25, 0.3) is 0 Å². The molecule has 1 aromatic heterocycles. The van der Waals surface area contributed by atoms with Gasteiger partial charge in [-0.1, -0.05) is 65.5 Å². The summed E-state index contributed by atoms with van der Waals surface area (Å²) in [6, 6.07) is 1.38. The predicted octanol–water partition coefficient (Wildman–Crippen LogP) is 6.98. The Hall–Kier alpha value is -1.92. The highest BCUT2D eigenvalue weighted by atomic mass is 19.3. The minimum atomic E-state index is -3.75. The van der Waals surface area contributed by atoms with Gasteiger partial charge in [-0.2, -0.15) is 13.8 Å². The lowest BCUT2D eigenvalue weighted by Crippen LogP contribution is -2.51. The van der Waals surface area contributed by atoms with Crippen LogP contribution in [0.4, 0.5) is 14.6 Å². The number of fused-ring (bicyclic) bond motifs is 5. The lowest BCUT2D eigenvalue weighted by Gasteiger charge is -2.58. The molecule has 4 aliphatic carbocycles. The quantitative estimate of drug-likeness (QED) is 0.131. The molecule has 1 aromatic rings. The number of allylic oxidation sites excluding steroid dienone is 1. The van der Waals surface area contributed by atoms with Crippen molar-refractivity contribution in [1.29, 1.82) is 0 Å². The van der Waals surface area contributed by atoms with Crippen LogP contribution in [0.3, 0.4) is 0 Å². The van der Waals surface area contributed by atoms with Crippen LogP contribution in [0.1, 0.15) is 111 Å². The molecule has 1 saturated heterocycles. The van der Waals surface area contributed by atoms with Crippen molar-refractivity contribution < 1.29 is 33.2 Å². The Kier molecular flexibility index (Phi) is 12.0. The second-order valence-corrected chi connectivity index (χ2v) is 17.4. The number of anilines is 1. The largest absolute Gasteiger partial charge is 0.394 e. The second-order valence-electron chi connectivity index (χ2n) is 17.4. The highest BCUT2D eigenvalue weighted by Crippen LogP contribution is 2.67. The Labute approximate surface area is 302 Å². The van der Waals surface area contributed by atoms with Crippen LogP contribution < -0.4 is 11.0 Å². The lowest BCUT2D eigenvalue weighted by atomic mass is 9.47. The van der Waals surface area contributed by atoms with Crippen molar-refractivity contribution in [3.63, 3.8) is 0 Å². The molecule has 2 heterocycles. The first-order valence-electron chi connectivity index (χ1n) is 19.8. The zero-order valence-corrected chi connectivity index (χ0v) is 31.5. The normalized spacial score (nSPS) is 37.8. The molecule has 5 aliphatic rings. The van der Waals surface area contributed by atoms with Gasteiger partial charge in [-0.15, -0.1) is 0 Å². The summed E-state index contributed by atoms with van der Waals surface area (Å²) < 4.78 is 46.6. The van der Waals surface area contributed by atoms with E-state index in [0.717, 1.165) is 54.5 Å². The van der Waals surface area contributed by atoms with Gasteiger partial charge in [0.05, 0.1) is 32.5 Å². The van der Waals surface area contributed by atoms with Gasteiger partial charge in [0, 0.05) is 12.7 Å². The summed E-state index contributed by atoms with van der Waals surface area (Å²) in [5.74, 6) is 1.50. The maximum Gasteiger partial charge on any atom is 0.351 e. The van der Waals surface area contributed by atoms with Crippen LogP contribution in [0.2, 0.25) is 0 Å². The molecular formula is C40H63F2N3O6. The van der Waals surface area contributed by atoms with Gasteiger partial charge in [0.15, 0.2) is 6.10 Å². The number of halogens is 2. The number of hydrogen-bond donors (Lipinski definition) is 3. The summed E-state index contributed by atoms with van der Waals surface area (Å²) in [7, 11) is 0. The molecule has 11 atom stereocenters. The molecule has 0 aromatic carbocycles. The Balaban J connectivity index is 0.918. The molecule has 3 saturated carbocycles. The number of aromatic nitrogens is 2. The third kappa shape index (κ3) is 7.71. The zero-order valence-electron chi connectivity index (χ0n) is 31.5.